The van der Waals surface area contributed by atoms with Crippen LogP contribution >= 0.6 is 12.4 Å². The molecule has 2 aromatic rings. The quantitative estimate of drug-likeness (QED) is 0.892. The Morgan fingerprint density at radius 2 is 1.90 bits per heavy atom. The van der Waals surface area contributed by atoms with Gasteiger partial charge in [-0.2, -0.15) is 0 Å². The number of amides is 1. The molecule has 0 radical (unpaired) electrons. The SMILES string of the molecule is Cl.NC(CNC(=O)Cc1cccc2ccccc12)C1CC1. The van der Waals surface area contributed by atoms with Crippen molar-refractivity contribution < 1.29 is 4.79 Å². The number of hydrogen-bond donors (Lipinski definition) is 2. The van der Waals surface area contributed by atoms with Crippen molar-refractivity contribution in [2.45, 2.75) is 25.3 Å². The number of fused-ring (bicyclic) bond motifs is 1. The summed E-state index contributed by atoms with van der Waals surface area (Å²) >= 11 is 0. The minimum absolute atomic E-state index is 0. The van der Waals surface area contributed by atoms with E-state index < -0.39 is 0 Å². The maximum atomic E-state index is 12.0. The van der Waals surface area contributed by atoms with Crippen molar-refractivity contribution in [2.24, 2.45) is 11.7 Å². The highest BCUT2D eigenvalue weighted by molar-refractivity contribution is 5.90. The smallest absolute Gasteiger partial charge is 0.224 e. The van der Waals surface area contributed by atoms with Crippen LogP contribution in [0.2, 0.25) is 0 Å². The van der Waals surface area contributed by atoms with E-state index in [-0.39, 0.29) is 24.4 Å². The van der Waals surface area contributed by atoms with Crippen molar-refractivity contribution in [3.05, 3.63) is 48.0 Å². The highest BCUT2D eigenvalue weighted by Gasteiger charge is 2.28. The molecule has 21 heavy (non-hydrogen) atoms. The molecule has 0 spiro atoms. The second-order valence-corrected chi connectivity index (χ2v) is 5.62. The van der Waals surface area contributed by atoms with Gasteiger partial charge in [-0.25, -0.2) is 0 Å². The zero-order valence-electron chi connectivity index (χ0n) is 11.9. The van der Waals surface area contributed by atoms with Crippen molar-refractivity contribution in [3.8, 4) is 0 Å². The standard InChI is InChI=1S/C17H20N2O.ClH/c18-16(13-8-9-13)11-19-17(20)10-14-6-3-5-12-4-1-2-7-15(12)14;/h1-7,13,16H,8-11,18H2,(H,19,20);1H. The maximum Gasteiger partial charge on any atom is 0.224 e. The van der Waals surface area contributed by atoms with Gasteiger partial charge >= 0.3 is 0 Å². The van der Waals surface area contributed by atoms with E-state index in [4.69, 9.17) is 5.73 Å². The summed E-state index contributed by atoms with van der Waals surface area (Å²) in [4.78, 5) is 12.0. The minimum Gasteiger partial charge on any atom is -0.354 e. The third kappa shape index (κ3) is 3.96. The first-order valence-electron chi connectivity index (χ1n) is 7.23. The number of carbonyl (C=O) groups excluding carboxylic acids is 1. The molecule has 0 bridgehead atoms. The molecule has 3 rings (SSSR count). The van der Waals surface area contributed by atoms with E-state index in [0.29, 0.717) is 18.9 Å². The van der Waals surface area contributed by atoms with Crippen LogP contribution in [0.4, 0.5) is 0 Å². The molecule has 1 saturated carbocycles. The molecule has 1 unspecified atom stereocenters. The Labute approximate surface area is 131 Å². The Morgan fingerprint density at radius 3 is 2.67 bits per heavy atom. The van der Waals surface area contributed by atoms with E-state index in [9.17, 15) is 4.79 Å². The van der Waals surface area contributed by atoms with E-state index in [1.165, 1.54) is 18.2 Å². The van der Waals surface area contributed by atoms with Gasteiger partial charge in [0, 0.05) is 12.6 Å². The summed E-state index contributed by atoms with van der Waals surface area (Å²) in [6.45, 7) is 0.592. The zero-order valence-corrected chi connectivity index (χ0v) is 12.7. The van der Waals surface area contributed by atoms with Crippen LogP contribution in [0.1, 0.15) is 18.4 Å². The molecule has 1 aliphatic carbocycles. The largest absolute Gasteiger partial charge is 0.354 e. The molecule has 1 aliphatic rings. The number of carbonyl (C=O) groups is 1. The van der Waals surface area contributed by atoms with Gasteiger partial charge in [0.1, 0.15) is 0 Å². The van der Waals surface area contributed by atoms with Gasteiger partial charge < -0.3 is 11.1 Å². The predicted molar refractivity (Wildman–Crippen MR) is 88.6 cm³/mol. The van der Waals surface area contributed by atoms with Crippen molar-refractivity contribution >= 4 is 29.1 Å². The van der Waals surface area contributed by atoms with Crippen molar-refractivity contribution in [1.82, 2.24) is 5.32 Å². The summed E-state index contributed by atoms with van der Waals surface area (Å²) in [5.74, 6) is 0.672. The summed E-state index contributed by atoms with van der Waals surface area (Å²) in [5, 5.41) is 5.28. The van der Waals surface area contributed by atoms with Gasteiger partial charge in [0.25, 0.3) is 0 Å². The topological polar surface area (TPSA) is 55.1 Å². The van der Waals surface area contributed by atoms with Crippen LogP contribution in [0.25, 0.3) is 10.8 Å². The number of nitrogens with one attached hydrogen (secondary N) is 1. The Morgan fingerprint density at radius 1 is 1.19 bits per heavy atom. The lowest BCUT2D eigenvalue weighted by Crippen LogP contribution is -2.39. The van der Waals surface area contributed by atoms with Crippen molar-refractivity contribution in [1.29, 1.82) is 0 Å². The lowest BCUT2D eigenvalue weighted by molar-refractivity contribution is -0.120. The Bertz CT molecular complexity index is 620. The number of halogens is 1. The van der Waals surface area contributed by atoms with Gasteiger partial charge in [-0.05, 0) is 35.1 Å². The Balaban J connectivity index is 0.00000161. The third-order valence-corrected chi connectivity index (χ3v) is 3.99. The summed E-state index contributed by atoms with van der Waals surface area (Å²) in [6, 6.07) is 14.4. The van der Waals surface area contributed by atoms with Crippen LogP contribution in [0.15, 0.2) is 42.5 Å². The molecule has 0 aliphatic heterocycles. The predicted octanol–water partition coefficient (Wildman–Crippen LogP) is 2.66. The van der Waals surface area contributed by atoms with E-state index in [0.717, 1.165) is 10.9 Å². The molecule has 3 nitrogen and oxygen atoms in total. The Kier molecular flexibility index (Phi) is 5.21. The highest BCUT2D eigenvalue weighted by Crippen LogP contribution is 2.31. The van der Waals surface area contributed by atoms with Crippen LogP contribution in [-0.4, -0.2) is 18.5 Å². The fourth-order valence-electron chi connectivity index (χ4n) is 2.60. The normalized spacial score (nSPS) is 15.3. The summed E-state index contributed by atoms with van der Waals surface area (Å²) < 4.78 is 0. The second kappa shape index (κ2) is 6.92. The lowest BCUT2D eigenvalue weighted by Gasteiger charge is -2.12. The number of benzene rings is 2. The van der Waals surface area contributed by atoms with Crippen LogP contribution < -0.4 is 11.1 Å². The van der Waals surface area contributed by atoms with Gasteiger partial charge in [-0.3, -0.25) is 4.79 Å². The average molecular weight is 305 g/mol. The average Bonchev–Trinajstić information content (AvgIpc) is 3.30. The summed E-state index contributed by atoms with van der Waals surface area (Å²) in [5.41, 5.74) is 7.07. The third-order valence-electron chi connectivity index (χ3n) is 3.99. The molecule has 0 aromatic heterocycles. The fourth-order valence-corrected chi connectivity index (χ4v) is 2.60. The maximum absolute atomic E-state index is 12.0. The van der Waals surface area contributed by atoms with Gasteiger partial charge in [0.05, 0.1) is 6.42 Å². The summed E-state index contributed by atoms with van der Waals surface area (Å²) in [7, 11) is 0. The molecule has 4 heteroatoms. The second-order valence-electron chi connectivity index (χ2n) is 5.62. The highest BCUT2D eigenvalue weighted by atomic mass is 35.5. The molecule has 1 amide bonds. The van der Waals surface area contributed by atoms with Crippen molar-refractivity contribution in [2.75, 3.05) is 6.54 Å². The van der Waals surface area contributed by atoms with Crippen LogP contribution in [0.5, 0.6) is 0 Å². The molecule has 1 atom stereocenters. The van der Waals surface area contributed by atoms with E-state index in [1.54, 1.807) is 0 Å². The van der Waals surface area contributed by atoms with Crippen LogP contribution in [0, 0.1) is 5.92 Å². The molecule has 0 heterocycles. The molecular weight excluding hydrogens is 284 g/mol. The first kappa shape index (κ1) is 15.8. The summed E-state index contributed by atoms with van der Waals surface area (Å²) in [6.07, 6.45) is 2.83. The molecule has 1 fully saturated rings. The molecule has 2 aromatic carbocycles. The van der Waals surface area contributed by atoms with E-state index in [1.807, 2.05) is 24.3 Å². The van der Waals surface area contributed by atoms with E-state index in [2.05, 4.69) is 23.5 Å². The minimum atomic E-state index is 0. The first-order valence-corrected chi connectivity index (χ1v) is 7.23. The lowest BCUT2D eigenvalue weighted by atomic mass is 10.0. The van der Waals surface area contributed by atoms with E-state index >= 15 is 0 Å². The molecule has 112 valence electrons. The zero-order chi connectivity index (χ0) is 13.9. The number of nitrogens with two attached hydrogens (primary N) is 1. The number of hydrogen-bond acceptors (Lipinski definition) is 2. The molecular formula is C17H21ClN2O. The number of rotatable bonds is 5. The molecule has 0 saturated heterocycles. The van der Waals surface area contributed by atoms with Gasteiger partial charge in [-0.15, -0.1) is 12.4 Å². The van der Waals surface area contributed by atoms with Crippen LogP contribution in [-0.2, 0) is 11.2 Å². The van der Waals surface area contributed by atoms with Gasteiger partial charge in [0.15, 0.2) is 0 Å². The van der Waals surface area contributed by atoms with Crippen LogP contribution in [0.3, 0.4) is 0 Å². The van der Waals surface area contributed by atoms with Gasteiger partial charge in [0.2, 0.25) is 5.91 Å². The fraction of sp³-hybridized carbons (Fsp3) is 0.353. The van der Waals surface area contributed by atoms with Gasteiger partial charge in [-0.1, -0.05) is 42.5 Å². The van der Waals surface area contributed by atoms with Crippen molar-refractivity contribution in [3.63, 3.8) is 0 Å². The Hall–Kier alpha value is -1.58. The first-order chi connectivity index (χ1) is 9.74. The molecule has 3 N–H and O–H groups in total. The monoisotopic (exact) mass is 304 g/mol.